The first kappa shape index (κ1) is 33.1. The highest BCUT2D eigenvalue weighted by molar-refractivity contribution is 7.99. The first-order valence-corrected chi connectivity index (χ1v) is 17.6. The van der Waals surface area contributed by atoms with Crippen LogP contribution >= 0.6 is 23.5 Å². The summed E-state index contributed by atoms with van der Waals surface area (Å²) in [7, 11) is -3.71. The van der Waals surface area contributed by atoms with Crippen molar-refractivity contribution in [2.45, 2.75) is 99.8 Å². The van der Waals surface area contributed by atoms with Crippen LogP contribution in [0.3, 0.4) is 0 Å². The molecule has 0 saturated heterocycles. The molecule has 4 rings (SSSR count). The highest BCUT2D eigenvalue weighted by atomic mass is 32.2. The molecule has 9 heteroatoms. The number of hydrogen-bond donors (Lipinski definition) is 0. The van der Waals surface area contributed by atoms with Crippen LogP contribution in [0.1, 0.15) is 85.9 Å². The molecule has 2 aromatic heterocycles. The number of benzene rings is 2. The summed E-state index contributed by atoms with van der Waals surface area (Å²) >= 11 is 2.96. The molecule has 2 heterocycles. The molecule has 0 aliphatic rings. The lowest BCUT2D eigenvalue weighted by Crippen LogP contribution is -2.35. The van der Waals surface area contributed by atoms with Crippen LogP contribution in [0.4, 0.5) is 0 Å². The summed E-state index contributed by atoms with van der Waals surface area (Å²) in [4.78, 5) is 20.1. The molecule has 0 fully saturated rings. The number of aromatic nitrogens is 4. The van der Waals surface area contributed by atoms with Crippen molar-refractivity contribution in [2.24, 2.45) is 10.8 Å². The number of rotatable bonds is 8. The van der Waals surface area contributed by atoms with Gasteiger partial charge in [-0.15, -0.1) is 0 Å². The van der Waals surface area contributed by atoms with Crippen LogP contribution in [-0.2, 0) is 9.84 Å². The fourth-order valence-electron chi connectivity index (χ4n) is 5.61. The van der Waals surface area contributed by atoms with Crippen LogP contribution in [0, 0.1) is 38.5 Å². The van der Waals surface area contributed by atoms with Gasteiger partial charge in [-0.05, 0) is 110 Å². The molecule has 2 unspecified atom stereocenters. The van der Waals surface area contributed by atoms with Gasteiger partial charge in [0.1, 0.15) is 0 Å². The molecule has 0 radical (unpaired) electrons. The van der Waals surface area contributed by atoms with Crippen LogP contribution in [0.25, 0.3) is 0 Å². The summed E-state index contributed by atoms with van der Waals surface area (Å²) in [6.07, 6.45) is 0. The van der Waals surface area contributed by atoms with Crippen molar-refractivity contribution < 1.29 is 8.42 Å². The minimum atomic E-state index is -3.71. The maximum absolute atomic E-state index is 14.8. The number of aryl methyl sites for hydroxylation is 4. The Bertz CT molecular complexity index is 1530. The molecule has 2 atom stereocenters. The summed E-state index contributed by atoms with van der Waals surface area (Å²) in [5.74, 6) is 0. The molecule has 0 spiro atoms. The monoisotopic (exact) mass is 634 g/mol. The van der Waals surface area contributed by atoms with E-state index in [1.54, 1.807) is 0 Å². The van der Waals surface area contributed by atoms with Gasteiger partial charge in [-0.3, -0.25) is 0 Å². The molecule has 0 bridgehead atoms. The summed E-state index contributed by atoms with van der Waals surface area (Å²) in [6.45, 7) is 19.9. The fourth-order valence-corrected chi connectivity index (χ4v) is 10.7. The first-order chi connectivity index (χ1) is 19.9. The molecule has 6 nitrogen and oxygen atoms in total. The Morgan fingerprint density at radius 1 is 0.535 bits per heavy atom. The lowest BCUT2D eigenvalue weighted by molar-refractivity contribution is 0.348. The van der Waals surface area contributed by atoms with Crippen LogP contribution in [0.15, 0.2) is 80.8 Å². The SMILES string of the molecule is Cc1cc(C)nc(Sc2ccc(C(C(C)(C)C)S(=O)(=O)C(c3ccc(Sc4nc(C)cc(C)n4)cc3)C(C)(C)C)cc2)n1. The smallest absolute Gasteiger partial charge is 0.192 e. The van der Waals surface area contributed by atoms with Gasteiger partial charge in [0.2, 0.25) is 0 Å². The second-order valence-corrected chi connectivity index (χ2v) is 17.5. The van der Waals surface area contributed by atoms with Gasteiger partial charge in [0, 0.05) is 32.6 Å². The van der Waals surface area contributed by atoms with Crippen molar-refractivity contribution in [1.29, 1.82) is 0 Å². The minimum Gasteiger partial charge on any atom is -0.228 e. The highest BCUT2D eigenvalue weighted by Crippen LogP contribution is 2.51. The molecule has 0 aliphatic carbocycles. The number of sulfone groups is 1. The van der Waals surface area contributed by atoms with Gasteiger partial charge in [0.05, 0.1) is 10.5 Å². The predicted octanol–water partition coefficient (Wildman–Crippen LogP) is 9.09. The van der Waals surface area contributed by atoms with E-state index in [0.29, 0.717) is 10.3 Å². The zero-order valence-electron chi connectivity index (χ0n) is 26.8. The van der Waals surface area contributed by atoms with Crippen molar-refractivity contribution in [3.63, 3.8) is 0 Å². The van der Waals surface area contributed by atoms with Crippen molar-refractivity contribution in [3.8, 4) is 0 Å². The molecule has 0 saturated carbocycles. The average molecular weight is 635 g/mol. The maximum atomic E-state index is 14.8. The molecule has 0 aliphatic heterocycles. The first-order valence-electron chi connectivity index (χ1n) is 14.4. The molecule has 228 valence electrons. The molecular weight excluding hydrogens is 593 g/mol. The van der Waals surface area contributed by atoms with E-state index < -0.39 is 31.2 Å². The predicted molar refractivity (Wildman–Crippen MR) is 177 cm³/mol. The quantitative estimate of drug-likeness (QED) is 0.177. The third-order valence-corrected chi connectivity index (χ3v) is 12.0. The molecule has 2 aromatic carbocycles. The summed E-state index contributed by atoms with van der Waals surface area (Å²) in [6, 6.07) is 19.6. The van der Waals surface area contributed by atoms with Crippen LogP contribution < -0.4 is 0 Å². The van der Waals surface area contributed by atoms with Gasteiger partial charge >= 0.3 is 0 Å². The Kier molecular flexibility index (Phi) is 9.79. The normalized spacial score (nSPS) is 14.0. The second-order valence-electron chi connectivity index (χ2n) is 13.3. The van der Waals surface area contributed by atoms with E-state index in [4.69, 9.17) is 0 Å². The second kappa shape index (κ2) is 12.7. The van der Waals surface area contributed by atoms with Gasteiger partial charge in [0.25, 0.3) is 0 Å². The summed E-state index contributed by atoms with van der Waals surface area (Å²) < 4.78 is 29.6. The van der Waals surface area contributed by atoms with Gasteiger partial charge in [-0.1, -0.05) is 65.8 Å². The number of nitrogens with zero attached hydrogens (tertiary/aromatic N) is 4. The van der Waals surface area contributed by atoms with E-state index in [1.807, 2.05) is 130 Å². The summed E-state index contributed by atoms with van der Waals surface area (Å²) in [5.41, 5.74) is 4.17. The Labute approximate surface area is 265 Å². The fraction of sp³-hybridized carbons (Fsp3) is 0.412. The molecule has 43 heavy (non-hydrogen) atoms. The van der Waals surface area contributed by atoms with E-state index >= 15 is 0 Å². The molecule has 0 N–H and O–H groups in total. The minimum absolute atomic E-state index is 0.538. The van der Waals surface area contributed by atoms with Gasteiger partial charge in [-0.25, -0.2) is 28.4 Å². The van der Waals surface area contributed by atoms with Gasteiger partial charge in [0.15, 0.2) is 20.2 Å². The molecule has 0 amide bonds. The summed E-state index contributed by atoms with van der Waals surface area (Å²) in [5, 5.41) is -0.0515. The van der Waals surface area contributed by atoms with E-state index in [0.717, 1.165) is 43.7 Å². The van der Waals surface area contributed by atoms with E-state index in [2.05, 4.69) is 19.9 Å². The van der Waals surface area contributed by atoms with Gasteiger partial charge in [-0.2, -0.15) is 0 Å². The maximum Gasteiger partial charge on any atom is 0.192 e. The standard InChI is InChI=1S/C34H42N4O2S3/c1-21-19-22(2)36-31(35-21)41-27-15-11-25(12-16-27)29(33(5,6)7)43(39,40)30(34(8,9)10)26-13-17-28(18-14-26)42-32-37-23(3)20-24(4)38-32/h11-20,29-30H,1-10H3. The number of hydrogen-bond acceptors (Lipinski definition) is 8. The molecular formula is C34H42N4O2S3. The van der Waals surface area contributed by atoms with E-state index in [1.165, 1.54) is 23.5 Å². The molecule has 4 aromatic rings. The topological polar surface area (TPSA) is 85.7 Å². The average Bonchev–Trinajstić information content (AvgIpc) is 2.83. The van der Waals surface area contributed by atoms with Crippen LogP contribution in [0.5, 0.6) is 0 Å². The van der Waals surface area contributed by atoms with Crippen LogP contribution in [-0.4, -0.2) is 28.4 Å². The Morgan fingerprint density at radius 2 is 0.814 bits per heavy atom. The zero-order valence-corrected chi connectivity index (χ0v) is 29.2. The van der Waals surface area contributed by atoms with Crippen LogP contribution in [0.2, 0.25) is 0 Å². The lowest BCUT2D eigenvalue weighted by atomic mass is 9.86. The third kappa shape index (κ3) is 8.25. The zero-order chi connectivity index (χ0) is 31.7. The Balaban J connectivity index is 1.67. The van der Waals surface area contributed by atoms with Crippen molar-refractivity contribution in [1.82, 2.24) is 19.9 Å². The van der Waals surface area contributed by atoms with Gasteiger partial charge < -0.3 is 0 Å². The van der Waals surface area contributed by atoms with Crippen molar-refractivity contribution in [2.75, 3.05) is 0 Å². The van der Waals surface area contributed by atoms with Crippen molar-refractivity contribution in [3.05, 3.63) is 94.6 Å². The lowest BCUT2D eigenvalue weighted by Gasteiger charge is -2.39. The van der Waals surface area contributed by atoms with E-state index in [9.17, 15) is 8.42 Å². The Morgan fingerprint density at radius 3 is 1.07 bits per heavy atom. The Hall–Kier alpha value is -2.75. The third-order valence-electron chi connectivity index (χ3n) is 6.94. The van der Waals surface area contributed by atoms with Crippen molar-refractivity contribution >= 4 is 33.4 Å². The largest absolute Gasteiger partial charge is 0.228 e. The van der Waals surface area contributed by atoms with E-state index in [-0.39, 0.29) is 0 Å². The highest BCUT2D eigenvalue weighted by Gasteiger charge is 2.47.